The van der Waals surface area contributed by atoms with E-state index in [-0.39, 0.29) is 12.0 Å². The lowest BCUT2D eigenvalue weighted by Gasteiger charge is -2.32. The fourth-order valence-electron chi connectivity index (χ4n) is 3.93. The lowest BCUT2D eigenvalue weighted by Crippen LogP contribution is -2.42. The molecule has 0 spiro atoms. The van der Waals surface area contributed by atoms with Crippen molar-refractivity contribution in [2.45, 2.75) is 32.4 Å². The van der Waals surface area contributed by atoms with Gasteiger partial charge in [-0.25, -0.2) is 4.68 Å². The van der Waals surface area contributed by atoms with Gasteiger partial charge in [-0.1, -0.05) is 41.9 Å². The summed E-state index contributed by atoms with van der Waals surface area (Å²) in [6.07, 6.45) is 3.51. The van der Waals surface area contributed by atoms with Gasteiger partial charge in [0.15, 0.2) is 11.5 Å². The highest BCUT2D eigenvalue weighted by Gasteiger charge is 2.23. The Labute approximate surface area is 199 Å². The van der Waals surface area contributed by atoms with Gasteiger partial charge in [-0.15, -0.1) is 0 Å². The van der Waals surface area contributed by atoms with Gasteiger partial charge in [-0.3, -0.25) is 9.69 Å². The van der Waals surface area contributed by atoms with Crippen LogP contribution < -0.4 is 14.8 Å². The first-order valence-corrected chi connectivity index (χ1v) is 11.7. The molecule has 1 aliphatic heterocycles. The zero-order chi connectivity index (χ0) is 23.0. The summed E-state index contributed by atoms with van der Waals surface area (Å²) in [5, 5.41) is 7.98. The summed E-state index contributed by atoms with van der Waals surface area (Å²) >= 11 is 6.26. The van der Waals surface area contributed by atoms with Crippen molar-refractivity contribution in [3.63, 3.8) is 0 Å². The monoisotopic (exact) mass is 468 g/mol. The molecule has 1 aromatic heterocycles. The number of hydrogen-bond donors (Lipinski definition) is 1. The molecule has 0 radical (unpaired) electrons. The molecule has 2 heterocycles. The normalized spacial score (nSPS) is 14.7. The molecule has 8 heteroatoms. The van der Waals surface area contributed by atoms with Crippen LogP contribution in [0.3, 0.4) is 0 Å². The first kappa shape index (κ1) is 23.1. The Kier molecular flexibility index (Phi) is 7.86. The van der Waals surface area contributed by atoms with E-state index in [1.165, 1.54) is 0 Å². The van der Waals surface area contributed by atoms with Gasteiger partial charge in [0.05, 0.1) is 25.9 Å². The van der Waals surface area contributed by atoms with Crippen LogP contribution >= 0.6 is 11.6 Å². The third kappa shape index (κ3) is 6.27. The van der Waals surface area contributed by atoms with Crippen molar-refractivity contribution in [3.8, 4) is 11.5 Å². The summed E-state index contributed by atoms with van der Waals surface area (Å²) in [7, 11) is 0. The number of ether oxygens (including phenoxy) is 2. The van der Waals surface area contributed by atoms with E-state index in [1.807, 2.05) is 55.5 Å². The number of para-hydroxylation sites is 2. The minimum absolute atomic E-state index is 0.0584. The largest absolute Gasteiger partial charge is 0.490 e. The van der Waals surface area contributed by atoms with Gasteiger partial charge in [0.25, 0.3) is 0 Å². The number of likely N-dealkylation sites (tertiary alicyclic amines) is 1. The maximum Gasteiger partial charge on any atom is 0.239 e. The molecule has 0 saturated carbocycles. The molecule has 1 saturated heterocycles. The Morgan fingerprint density at radius 2 is 1.82 bits per heavy atom. The average molecular weight is 469 g/mol. The van der Waals surface area contributed by atoms with Gasteiger partial charge in [0, 0.05) is 24.2 Å². The molecule has 0 aliphatic carbocycles. The topological polar surface area (TPSA) is 68.6 Å². The Morgan fingerprint density at radius 3 is 2.58 bits per heavy atom. The van der Waals surface area contributed by atoms with E-state index in [1.54, 1.807) is 16.9 Å². The molecule has 2 aromatic carbocycles. The number of benzene rings is 2. The van der Waals surface area contributed by atoms with E-state index >= 15 is 0 Å². The number of carbonyl (C=O) groups is 1. The Hall–Kier alpha value is -3.03. The smallest absolute Gasteiger partial charge is 0.239 e. The van der Waals surface area contributed by atoms with E-state index in [9.17, 15) is 4.79 Å². The van der Waals surface area contributed by atoms with Crippen molar-refractivity contribution >= 4 is 23.3 Å². The molecule has 0 bridgehead atoms. The van der Waals surface area contributed by atoms with Crippen molar-refractivity contribution in [1.82, 2.24) is 14.7 Å². The molecular formula is C25H29ClN4O3. The second kappa shape index (κ2) is 11.2. The zero-order valence-corrected chi connectivity index (χ0v) is 19.5. The Balaban J connectivity index is 1.26. The van der Waals surface area contributed by atoms with Gasteiger partial charge in [0.2, 0.25) is 5.91 Å². The van der Waals surface area contributed by atoms with E-state index in [0.29, 0.717) is 30.5 Å². The van der Waals surface area contributed by atoms with Crippen molar-refractivity contribution in [1.29, 1.82) is 0 Å². The number of nitrogens with one attached hydrogen (secondary N) is 1. The first-order valence-electron chi connectivity index (χ1n) is 11.3. The predicted octanol–water partition coefficient (Wildman–Crippen LogP) is 4.47. The van der Waals surface area contributed by atoms with E-state index in [0.717, 1.165) is 43.0 Å². The molecule has 0 unspecified atom stereocenters. The van der Waals surface area contributed by atoms with Gasteiger partial charge in [-0.2, -0.15) is 5.10 Å². The van der Waals surface area contributed by atoms with Crippen LogP contribution in [0.25, 0.3) is 0 Å². The van der Waals surface area contributed by atoms with Crippen LogP contribution in [0.4, 0.5) is 5.82 Å². The molecular weight excluding hydrogens is 440 g/mol. The highest BCUT2D eigenvalue weighted by molar-refractivity contribution is 6.31. The molecule has 4 rings (SSSR count). The summed E-state index contributed by atoms with van der Waals surface area (Å²) < 4.78 is 13.6. The summed E-state index contributed by atoms with van der Waals surface area (Å²) in [6.45, 7) is 4.99. The second-order valence-corrected chi connectivity index (χ2v) is 8.39. The van der Waals surface area contributed by atoms with Crippen LogP contribution in [0.5, 0.6) is 11.5 Å². The van der Waals surface area contributed by atoms with Crippen molar-refractivity contribution in [2.75, 3.05) is 31.6 Å². The number of amides is 1. The molecule has 1 amide bonds. The molecule has 1 aliphatic rings. The quantitative estimate of drug-likeness (QED) is 0.502. The lowest BCUT2D eigenvalue weighted by molar-refractivity contribution is -0.117. The van der Waals surface area contributed by atoms with Crippen LogP contribution in [0, 0.1) is 0 Å². The third-order valence-corrected chi connectivity index (χ3v) is 5.98. The van der Waals surface area contributed by atoms with E-state index < -0.39 is 0 Å². The van der Waals surface area contributed by atoms with Crippen molar-refractivity contribution in [3.05, 3.63) is 71.4 Å². The molecule has 3 aromatic rings. The fraction of sp³-hybridized carbons (Fsp3) is 0.360. The van der Waals surface area contributed by atoms with Crippen LogP contribution in [-0.2, 0) is 11.3 Å². The number of carbonyl (C=O) groups excluding carboxylic acids is 1. The molecule has 33 heavy (non-hydrogen) atoms. The number of rotatable bonds is 9. The number of halogens is 1. The summed E-state index contributed by atoms with van der Waals surface area (Å²) in [5.41, 5.74) is 0.950. The lowest BCUT2D eigenvalue weighted by atomic mass is 10.1. The SMILES string of the molecule is CCOc1ccccc1OC1CCN(CC(=O)Nc2ccnn2Cc2ccccc2Cl)CC1. The van der Waals surface area contributed by atoms with Crippen LogP contribution in [0.2, 0.25) is 5.02 Å². The number of anilines is 1. The van der Waals surface area contributed by atoms with Crippen LogP contribution in [-0.4, -0.2) is 52.9 Å². The van der Waals surface area contributed by atoms with E-state index in [2.05, 4.69) is 15.3 Å². The summed E-state index contributed by atoms with van der Waals surface area (Å²) in [6, 6.07) is 17.2. The van der Waals surface area contributed by atoms with Gasteiger partial charge in [0.1, 0.15) is 11.9 Å². The second-order valence-electron chi connectivity index (χ2n) is 7.99. The predicted molar refractivity (Wildman–Crippen MR) is 129 cm³/mol. The summed E-state index contributed by atoms with van der Waals surface area (Å²) in [4.78, 5) is 14.8. The van der Waals surface area contributed by atoms with Crippen LogP contribution in [0.15, 0.2) is 60.8 Å². The minimum Gasteiger partial charge on any atom is -0.490 e. The van der Waals surface area contributed by atoms with Crippen molar-refractivity contribution in [2.24, 2.45) is 0 Å². The average Bonchev–Trinajstić information content (AvgIpc) is 3.24. The van der Waals surface area contributed by atoms with Crippen molar-refractivity contribution < 1.29 is 14.3 Å². The van der Waals surface area contributed by atoms with Gasteiger partial charge in [-0.05, 0) is 43.5 Å². The maximum absolute atomic E-state index is 12.7. The van der Waals surface area contributed by atoms with Gasteiger partial charge < -0.3 is 14.8 Å². The highest BCUT2D eigenvalue weighted by atomic mass is 35.5. The first-order chi connectivity index (χ1) is 16.1. The molecule has 174 valence electrons. The molecule has 7 nitrogen and oxygen atoms in total. The Morgan fingerprint density at radius 1 is 1.09 bits per heavy atom. The van der Waals surface area contributed by atoms with Crippen LogP contribution in [0.1, 0.15) is 25.3 Å². The third-order valence-electron chi connectivity index (χ3n) is 5.61. The number of nitrogens with zero attached hydrogens (tertiary/aromatic N) is 3. The molecule has 1 fully saturated rings. The maximum atomic E-state index is 12.7. The number of hydrogen-bond acceptors (Lipinski definition) is 5. The van der Waals surface area contributed by atoms with E-state index in [4.69, 9.17) is 21.1 Å². The minimum atomic E-state index is -0.0584. The highest BCUT2D eigenvalue weighted by Crippen LogP contribution is 2.29. The Bertz CT molecular complexity index is 1060. The number of piperidine rings is 1. The summed E-state index contributed by atoms with van der Waals surface area (Å²) in [5.74, 6) is 2.15. The number of aromatic nitrogens is 2. The standard InChI is InChI=1S/C25H29ClN4O3/c1-2-32-22-9-5-6-10-23(22)33-20-12-15-29(16-13-20)18-25(31)28-24-11-14-27-30(24)17-19-7-3-4-8-21(19)26/h3-11,14,20H,2,12-13,15-18H2,1H3,(H,28,31). The molecule has 1 N–H and O–H groups in total. The molecule has 0 atom stereocenters. The van der Waals surface area contributed by atoms with Gasteiger partial charge >= 0.3 is 0 Å². The zero-order valence-electron chi connectivity index (χ0n) is 18.7. The fourth-order valence-corrected chi connectivity index (χ4v) is 4.12.